The van der Waals surface area contributed by atoms with Gasteiger partial charge < -0.3 is 14.6 Å². The van der Waals surface area contributed by atoms with Crippen molar-refractivity contribution in [1.82, 2.24) is 5.43 Å². The molecular formula is C23H18Cl2N2O5. The molecule has 0 atom stereocenters. The van der Waals surface area contributed by atoms with Crippen molar-refractivity contribution in [3.05, 3.63) is 93.0 Å². The van der Waals surface area contributed by atoms with Crippen LogP contribution in [0.5, 0.6) is 11.5 Å². The number of aromatic carboxylic acids is 1. The first-order valence-corrected chi connectivity index (χ1v) is 10.0. The van der Waals surface area contributed by atoms with Gasteiger partial charge in [0.1, 0.15) is 6.61 Å². The lowest BCUT2D eigenvalue weighted by Crippen LogP contribution is -2.17. The van der Waals surface area contributed by atoms with Crippen molar-refractivity contribution >= 4 is 41.3 Å². The van der Waals surface area contributed by atoms with E-state index in [0.717, 1.165) is 0 Å². The van der Waals surface area contributed by atoms with E-state index >= 15 is 0 Å². The van der Waals surface area contributed by atoms with Gasteiger partial charge in [-0.05, 0) is 60.2 Å². The number of nitrogens with one attached hydrogen (secondary N) is 1. The van der Waals surface area contributed by atoms with Crippen LogP contribution in [0.3, 0.4) is 0 Å². The van der Waals surface area contributed by atoms with Crippen molar-refractivity contribution < 1.29 is 24.2 Å². The molecule has 0 unspecified atom stereocenters. The topological polar surface area (TPSA) is 97.2 Å². The minimum Gasteiger partial charge on any atom is -0.493 e. The van der Waals surface area contributed by atoms with Crippen LogP contribution < -0.4 is 14.9 Å². The Bertz CT molecular complexity index is 1140. The summed E-state index contributed by atoms with van der Waals surface area (Å²) in [6.07, 6.45) is 1.45. The highest BCUT2D eigenvalue weighted by molar-refractivity contribution is 6.35. The lowest BCUT2D eigenvalue weighted by Gasteiger charge is -2.13. The first-order chi connectivity index (χ1) is 15.4. The number of amides is 1. The SMILES string of the molecule is COc1cc(C=NNC(=O)c2ccc(C(=O)O)cc2)ccc1OCc1c(Cl)cccc1Cl. The molecular weight excluding hydrogens is 455 g/mol. The van der Waals surface area contributed by atoms with Gasteiger partial charge in [-0.1, -0.05) is 29.3 Å². The molecule has 3 aromatic rings. The fourth-order valence-electron chi connectivity index (χ4n) is 2.70. The lowest BCUT2D eigenvalue weighted by molar-refractivity contribution is 0.0696. The molecule has 0 aliphatic heterocycles. The van der Waals surface area contributed by atoms with E-state index in [1.165, 1.54) is 37.6 Å². The minimum atomic E-state index is -1.06. The van der Waals surface area contributed by atoms with Crippen LogP contribution in [0.25, 0.3) is 0 Å². The number of ether oxygens (including phenoxy) is 2. The van der Waals surface area contributed by atoms with Crippen LogP contribution in [0.2, 0.25) is 10.0 Å². The van der Waals surface area contributed by atoms with E-state index in [1.807, 2.05) is 0 Å². The van der Waals surface area contributed by atoms with Crippen molar-refractivity contribution in [1.29, 1.82) is 0 Å². The van der Waals surface area contributed by atoms with Crippen molar-refractivity contribution in [3.8, 4) is 11.5 Å². The Labute approximate surface area is 194 Å². The van der Waals surface area contributed by atoms with E-state index in [0.29, 0.717) is 32.7 Å². The summed E-state index contributed by atoms with van der Waals surface area (Å²) in [7, 11) is 1.51. The number of rotatable bonds is 8. The van der Waals surface area contributed by atoms with Crippen molar-refractivity contribution in [2.45, 2.75) is 6.61 Å². The van der Waals surface area contributed by atoms with Gasteiger partial charge in [-0.3, -0.25) is 4.79 Å². The number of hydrazone groups is 1. The van der Waals surface area contributed by atoms with Gasteiger partial charge in [-0.25, -0.2) is 10.2 Å². The van der Waals surface area contributed by atoms with Gasteiger partial charge in [-0.15, -0.1) is 0 Å². The number of halogens is 2. The minimum absolute atomic E-state index is 0.0938. The van der Waals surface area contributed by atoms with Crippen molar-refractivity contribution in [2.24, 2.45) is 5.10 Å². The van der Waals surface area contributed by atoms with Gasteiger partial charge in [0, 0.05) is 21.2 Å². The number of nitrogens with zero attached hydrogens (tertiary/aromatic N) is 1. The molecule has 0 fully saturated rings. The first kappa shape index (κ1) is 23.1. The molecule has 2 N–H and O–H groups in total. The number of carboxylic acids is 1. The number of carboxylic acid groups (broad SMARTS) is 1. The summed E-state index contributed by atoms with van der Waals surface area (Å²) >= 11 is 12.3. The van der Waals surface area contributed by atoms with Gasteiger partial charge in [0.05, 0.1) is 18.9 Å². The van der Waals surface area contributed by atoms with E-state index in [-0.39, 0.29) is 17.7 Å². The standard InChI is InChI=1S/C23H18Cl2N2O5/c1-31-21-11-14(5-10-20(21)32-13-17-18(24)3-2-4-19(17)25)12-26-27-22(28)15-6-8-16(9-7-15)23(29)30/h2-12H,13H2,1H3,(H,27,28)(H,29,30). The molecule has 0 saturated heterocycles. The van der Waals surface area contributed by atoms with Crippen LogP contribution in [0, 0.1) is 0 Å². The zero-order chi connectivity index (χ0) is 23.1. The molecule has 1 amide bonds. The lowest BCUT2D eigenvalue weighted by atomic mass is 10.1. The predicted octanol–water partition coefficient (Wildman–Crippen LogP) is 5.04. The molecule has 0 aliphatic carbocycles. The maximum absolute atomic E-state index is 12.1. The number of benzene rings is 3. The zero-order valence-corrected chi connectivity index (χ0v) is 18.4. The molecule has 0 bridgehead atoms. The Balaban J connectivity index is 1.64. The fourth-order valence-corrected chi connectivity index (χ4v) is 3.20. The number of hydrogen-bond donors (Lipinski definition) is 2. The number of carbonyl (C=O) groups is 2. The third-order valence-corrected chi connectivity index (χ3v) is 5.10. The highest BCUT2D eigenvalue weighted by Gasteiger charge is 2.10. The summed E-state index contributed by atoms with van der Waals surface area (Å²) in [6, 6.07) is 15.9. The summed E-state index contributed by atoms with van der Waals surface area (Å²) in [6.45, 7) is 0.166. The molecule has 0 saturated carbocycles. The molecule has 0 spiro atoms. The van der Waals surface area contributed by atoms with E-state index in [2.05, 4.69) is 10.5 Å². The molecule has 0 aliphatic rings. The van der Waals surface area contributed by atoms with E-state index in [9.17, 15) is 9.59 Å². The smallest absolute Gasteiger partial charge is 0.335 e. The fraction of sp³-hybridized carbons (Fsp3) is 0.0870. The van der Waals surface area contributed by atoms with Gasteiger partial charge in [0.25, 0.3) is 5.91 Å². The number of carbonyl (C=O) groups excluding carboxylic acids is 1. The summed E-state index contributed by atoms with van der Waals surface area (Å²) in [5.74, 6) is -0.580. The second-order valence-electron chi connectivity index (χ2n) is 6.48. The summed E-state index contributed by atoms with van der Waals surface area (Å²) < 4.78 is 11.2. The third kappa shape index (κ3) is 5.78. The van der Waals surface area contributed by atoms with Crippen LogP contribution >= 0.6 is 23.2 Å². The molecule has 9 heteroatoms. The molecule has 7 nitrogen and oxygen atoms in total. The highest BCUT2D eigenvalue weighted by Crippen LogP contribution is 2.31. The Morgan fingerprint density at radius 1 is 1.00 bits per heavy atom. The van der Waals surface area contributed by atoms with Crippen LogP contribution in [0.1, 0.15) is 31.8 Å². The average molecular weight is 473 g/mol. The molecule has 3 rings (SSSR count). The van der Waals surface area contributed by atoms with Gasteiger partial charge in [-0.2, -0.15) is 5.10 Å². The second-order valence-corrected chi connectivity index (χ2v) is 7.30. The quantitative estimate of drug-likeness (QED) is 0.353. The predicted molar refractivity (Wildman–Crippen MR) is 122 cm³/mol. The Morgan fingerprint density at radius 2 is 1.66 bits per heavy atom. The molecule has 0 aromatic heterocycles. The van der Waals surface area contributed by atoms with Crippen LogP contribution in [0.15, 0.2) is 65.8 Å². The Kier molecular flexibility index (Phi) is 7.70. The maximum Gasteiger partial charge on any atom is 0.335 e. The summed E-state index contributed by atoms with van der Waals surface area (Å²) in [4.78, 5) is 23.0. The van der Waals surface area contributed by atoms with Crippen molar-refractivity contribution in [2.75, 3.05) is 7.11 Å². The Morgan fingerprint density at radius 3 is 2.28 bits per heavy atom. The maximum atomic E-state index is 12.1. The monoisotopic (exact) mass is 472 g/mol. The number of hydrogen-bond acceptors (Lipinski definition) is 5. The molecule has 0 heterocycles. The zero-order valence-electron chi connectivity index (χ0n) is 16.8. The third-order valence-electron chi connectivity index (χ3n) is 4.40. The largest absolute Gasteiger partial charge is 0.493 e. The van der Waals surface area contributed by atoms with E-state index < -0.39 is 11.9 Å². The molecule has 164 valence electrons. The van der Waals surface area contributed by atoms with Crippen LogP contribution in [0.4, 0.5) is 0 Å². The summed E-state index contributed by atoms with van der Waals surface area (Å²) in [5, 5.41) is 13.8. The molecule has 3 aromatic carbocycles. The average Bonchev–Trinajstić information content (AvgIpc) is 2.79. The van der Waals surface area contributed by atoms with Gasteiger partial charge in [0.15, 0.2) is 11.5 Å². The van der Waals surface area contributed by atoms with E-state index in [1.54, 1.807) is 36.4 Å². The highest BCUT2D eigenvalue weighted by atomic mass is 35.5. The Hall–Kier alpha value is -3.55. The molecule has 32 heavy (non-hydrogen) atoms. The second kappa shape index (κ2) is 10.7. The normalized spacial score (nSPS) is 10.7. The van der Waals surface area contributed by atoms with Crippen LogP contribution in [-0.4, -0.2) is 30.3 Å². The van der Waals surface area contributed by atoms with Crippen LogP contribution in [-0.2, 0) is 6.61 Å². The summed E-state index contributed by atoms with van der Waals surface area (Å²) in [5.41, 5.74) is 4.09. The van der Waals surface area contributed by atoms with E-state index in [4.69, 9.17) is 37.8 Å². The van der Waals surface area contributed by atoms with Gasteiger partial charge in [0.2, 0.25) is 0 Å². The first-order valence-electron chi connectivity index (χ1n) is 9.29. The van der Waals surface area contributed by atoms with Crippen molar-refractivity contribution in [3.63, 3.8) is 0 Å². The number of methoxy groups -OCH3 is 1. The molecule has 0 radical (unpaired) electrons. The van der Waals surface area contributed by atoms with Gasteiger partial charge >= 0.3 is 5.97 Å².